The summed E-state index contributed by atoms with van der Waals surface area (Å²) in [5.41, 5.74) is 3.59. The summed E-state index contributed by atoms with van der Waals surface area (Å²) in [5, 5.41) is 4.32. The largest absolute Gasteiger partial charge is 0.497 e. The van der Waals surface area contributed by atoms with E-state index in [9.17, 15) is 0 Å². The minimum Gasteiger partial charge on any atom is -0.497 e. The van der Waals surface area contributed by atoms with Crippen LogP contribution in [0.1, 0.15) is 17.2 Å². The van der Waals surface area contributed by atoms with Crippen LogP contribution >= 0.6 is 11.6 Å². The van der Waals surface area contributed by atoms with Crippen molar-refractivity contribution < 1.29 is 4.74 Å². The predicted molar refractivity (Wildman–Crippen MR) is 74.5 cm³/mol. The zero-order chi connectivity index (χ0) is 12.5. The fourth-order valence-electron chi connectivity index (χ4n) is 2.40. The van der Waals surface area contributed by atoms with Crippen molar-refractivity contribution in [1.82, 2.24) is 0 Å². The van der Waals surface area contributed by atoms with Crippen molar-refractivity contribution in [3.63, 3.8) is 0 Å². The van der Waals surface area contributed by atoms with Gasteiger partial charge in [0, 0.05) is 16.8 Å². The van der Waals surface area contributed by atoms with Crippen molar-refractivity contribution in [3.8, 4) is 5.75 Å². The summed E-state index contributed by atoms with van der Waals surface area (Å²) < 4.78 is 5.24. The van der Waals surface area contributed by atoms with Gasteiger partial charge in [-0.3, -0.25) is 0 Å². The first-order valence-corrected chi connectivity index (χ1v) is 6.33. The van der Waals surface area contributed by atoms with Crippen molar-refractivity contribution in [3.05, 3.63) is 58.6 Å². The van der Waals surface area contributed by atoms with E-state index in [-0.39, 0.29) is 6.04 Å². The molecule has 0 fully saturated rings. The number of benzene rings is 2. The third-order valence-corrected chi connectivity index (χ3v) is 3.70. The molecule has 1 N–H and O–H groups in total. The van der Waals surface area contributed by atoms with Crippen LogP contribution in [0.3, 0.4) is 0 Å². The van der Waals surface area contributed by atoms with Crippen molar-refractivity contribution in [2.24, 2.45) is 0 Å². The fourth-order valence-corrected chi connectivity index (χ4v) is 2.67. The number of nitrogens with one attached hydrogen (secondary N) is 1. The van der Waals surface area contributed by atoms with Gasteiger partial charge in [0.1, 0.15) is 5.75 Å². The highest BCUT2D eigenvalue weighted by molar-refractivity contribution is 6.31. The lowest BCUT2D eigenvalue weighted by molar-refractivity contribution is 0.415. The quantitative estimate of drug-likeness (QED) is 0.878. The average Bonchev–Trinajstić information content (AvgIpc) is 2.81. The molecule has 0 saturated carbocycles. The van der Waals surface area contributed by atoms with E-state index in [1.807, 2.05) is 30.3 Å². The summed E-state index contributed by atoms with van der Waals surface area (Å²) in [7, 11) is 1.68. The highest BCUT2D eigenvalue weighted by Crippen LogP contribution is 2.38. The number of halogens is 1. The highest BCUT2D eigenvalue weighted by Gasteiger charge is 2.23. The highest BCUT2D eigenvalue weighted by atomic mass is 35.5. The monoisotopic (exact) mass is 259 g/mol. The van der Waals surface area contributed by atoms with E-state index in [2.05, 4.69) is 17.4 Å². The summed E-state index contributed by atoms with van der Waals surface area (Å²) in [4.78, 5) is 0. The predicted octanol–water partition coefficient (Wildman–Crippen LogP) is 4.06. The summed E-state index contributed by atoms with van der Waals surface area (Å²) in [6.07, 6.45) is 0.961. The molecule has 1 heterocycles. The second-order valence-electron chi connectivity index (χ2n) is 4.45. The summed E-state index contributed by atoms with van der Waals surface area (Å²) in [6, 6.07) is 14.4. The Kier molecular flexibility index (Phi) is 2.88. The van der Waals surface area contributed by atoms with Crippen LogP contribution in [-0.2, 0) is 6.42 Å². The van der Waals surface area contributed by atoms with Crippen LogP contribution in [-0.4, -0.2) is 7.11 Å². The van der Waals surface area contributed by atoms with Crippen LogP contribution in [0, 0.1) is 0 Å². The number of fused-ring (bicyclic) bond motifs is 1. The van der Waals surface area contributed by atoms with Gasteiger partial charge in [-0.05, 0) is 29.7 Å². The molecule has 0 spiro atoms. The Morgan fingerprint density at radius 3 is 2.83 bits per heavy atom. The molecule has 0 radical (unpaired) electrons. The molecule has 0 aromatic heterocycles. The van der Waals surface area contributed by atoms with E-state index in [0.717, 1.165) is 28.4 Å². The first-order valence-electron chi connectivity index (χ1n) is 5.96. The molecular weight excluding hydrogens is 246 g/mol. The number of hydrogen-bond donors (Lipinski definition) is 1. The van der Waals surface area contributed by atoms with E-state index < -0.39 is 0 Å². The number of hydrogen-bond acceptors (Lipinski definition) is 2. The second-order valence-corrected chi connectivity index (χ2v) is 4.85. The lowest BCUT2D eigenvalue weighted by Gasteiger charge is -2.13. The molecule has 1 aliphatic rings. The van der Waals surface area contributed by atoms with Crippen LogP contribution in [0.4, 0.5) is 5.69 Å². The molecule has 0 saturated heterocycles. The Labute approximate surface area is 112 Å². The zero-order valence-electron chi connectivity index (χ0n) is 10.1. The van der Waals surface area contributed by atoms with Crippen molar-refractivity contribution in [2.75, 3.05) is 12.4 Å². The second kappa shape index (κ2) is 4.54. The van der Waals surface area contributed by atoms with Crippen LogP contribution < -0.4 is 10.1 Å². The maximum atomic E-state index is 6.24. The summed E-state index contributed by atoms with van der Waals surface area (Å²) in [5.74, 6) is 0.876. The Morgan fingerprint density at radius 2 is 2.06 bits per heavy atom. The Bertz CT molecular complexity index is 582. The van der Waals surface area contributed by atoms with E-state index in [4.69, 9.17) is 16.3 Å². The summed E-state index contributed by atoms with van der Waals surface area (Å²) >= 11 is 6.24. The first-order chi connectivity index (χ1) is 8.78. The van der Waals surface area contributed by atoms with Gasteiger partial charge >= 0.3 is 0 Å². The Balaban J connectivity index is 1.91. The van der Waals surface area contributed by atoms with Crippen molar-refractivity contribution in [2.45, 2.75) is 12.5 Å². The Hall–Kier alpha value is -1.67. The molecule has 92 valence electrons. The van der Waals surface area contributed by atoms with Gasteiger partial charge in [0.15, 0.2) is 0 Å². The molecule has 3 heteroatoms. The molecule has 1 aliphatic heterocycles. The van der Waals surface area contributed by atoms with Gasteiger partial charge in [0.2, 0.25) is 0 Å². The normalized spacial score (nSPS) is 17.1. The molecule has 1 unspecified atom stereocenters. The summed E-state index contributed by atoms with van der Waals surface area (Å²) in [6.45, 7) is 0. The smallest absolute Gasteiger partial charge is 0.120 e. The van der Waals surface area contributed by atoms with E-state index >= 15 is 0 Å². The molecule has 0 aliphatic carbocycles. The maximum Gasteiger partial charge on any atom is 0.120 e. The molecule has 2 aromatic carbocycles. The van der Waals surface area contributed by atoms with Crippen molar-refractivity contribution in [1.29, 1.82) is 0 Å². The average molecular weight is 260 g/mol. The van der Waals surface area contributed by atoms with Gasteiger partial charge in [0.05, 0.1) is 13.2 Å². The van der Waals surface area contributed by atoms with Crippen LogP contribution in [0.15, 0.2) is 42.5 Å². The molecular formula is C15H14ClNO. The SMILES string of the molecule is COc1ccc2c(c1)NC(c1ccccc1Cl)C2. The first kappa shape index (κ1) is 11.4. The van der Waals surface area contributed by atoms with Crippen molar-refractivity contribution >= 4 is 17.3 Å². The van der Waals surface area contributed by atoms with E-state index in [1.54, 1.807) is 7.11 Å². The van der Waals surface area contributed by atoms with E-state index in [1.165, 1.54) is 5.56 Å². The third-order valence-electron chi connectivity index (χ3n) is 3.35. The molecule has 2 nitrogen and oxygen atoms in total. The van der Waals surface area contributed by atoms with Crippen LogP contribution in [0.2, 0.25) is 5.02 Å². The molecule has 2 aromatic rings. The molecule has 18 heavy (non-hydrogen) atoms. The Morgan fingerprint density at radius 1 is 1.22 bits per heavy atom. The van der Waals surface area contributed by atoms with Crippen LogP contribution in [0.5, 0.6) is 5.75 Å². The number of rotatable bonds is 2. The lowest BCUT2D eigenvalue weighted by atomic mass is 10.0. The van der Waals surface area contributed by atoms with Gasteiger partial charge in [-0.15, -0.1) is 0 Å². The van der Waals surface area contributed by atoms with Gasteiger partial charge in [-0.25, -0.2) is 0 Å². The topological polar surface area (TPSA) is 21.3 Å². The molecule has 3 rings (SSSR count). The van der Waals surface area contributed by atoms with Crippen LogP contribution in [0.25, 0.3) is 0 Å². The molecule has 0 bridgehead atoms. The van der Waals surface area contributed by atoms with Gasteiger partial charge in [0.25, 0.3) is 0 Å². The minimum absolute atomic E-state index is 0.251. The zero-order valence-corrected chi connectivity index (χ0v) is 10.9. The van der Waals surface area contributed by atoms with Gasteiger partial charge in [-0.2, -0.15) is 0 Å². The fraction of sp³-hybridized carbons (Fsp3) is 0.200. The number of ether oxygens (including phenoxy) is 1. The lowest BCUT2D eigenvalue weighted by Crippen LogP contribution is -2.06. The minimum atomic E-state index is 0.251. The number of anilines is 1. The third kappa shape index (κ3) is 1.93. The van der Waals surface area contributed by atoms with Gasteiger partial charge < -0.3 is 10.1 Å². The maximum absolute atomic E-state index is 6.24. The molecule has 1 atom stereocenters. The molecule has 0 amide bonds. The standard InChI is InChI=1S/C15H14ClNO/c1-18-11-7-6-10-8-15(17-14(10)9-11)12-4-2-3-5-13(12)16/h2-7,9,15,17H,8H2,1H3. The van der Waals surface area contributed by atoms with E-state index in [0.29, 0.717) is 0 Å². The van der Waals surface area contributed by atoms with Gasteiger partial charge in [-0.1, -0.05) is 35.9 Å². The number of methoxy groups -OCH3 is 1.